The lowest BCUT2D eigenvalue weighted by atomic mass is 9.75. The maximum absolute atomic E-state index is 13.3. The van der Waals surface area contributed by atoms with Gasteiger partial charge in [-0.25, -0.2) is 4.39 Å². The Kier molecular flexibility index (Phi) is 6.38. The number of nitrogens with zero attached hydrogens (tertiary/aromatic N) is 3. The van der Waals surface area contributed by atoms with E-state index in [2.05, 4.69) is 15.1 Å². The third-order valence-electron chi connectivity index (χ3n) is 7.20. The van der Waals surface area contributed by atoms with Crippen LogP contribution in [0.15, 0.2) is 24.3 Å². The summed E-state index contributed by atoms with van der Waals surface area (Å²) in [6.07, 6.45) is 2.42. The fourth-order valence-corrected chi connectivity index (χ4v) is 5.19. The number of amides is 2. The van der Waals surface area contributed by atoms with Crippen LogP contribution in [0.4, 0.5) is 18.9 Å². The third kappa shape index (κ3) is 4.87. The standard InChI is InChI=1S/C23H31F3N4O2/c1-22(25,26)21(32)30-10-7-23(8-11-30)16-18(27-20(23)31)6-9-28-12-14-29(15-13-28)19-4-2-17(24)3-5-19/h2-5,18H,6-16H2,1H3,(H,27,31)/t18-/m0/s1. The first-order valence-corrected chi connectivity index (χ1v) is 11.4. The van der Waals surface area contributed by atoms with Crippen LogP contribution in [0.2, 0.25) is 0 Å². The number of piperazine rings is 1. The fourth-order valence-electron chi connectivity index (χ4n) is 5.19. The van der Waals surface area contributed by atoms with Gasteiger partial charge in [0.05, 0.1) is 5.41 Å². The average molecular weight is 453 g/mol. The maximum atomic E-state index is 13.3. The lowest BCUT2D eigenvalue weighted by Gasteiger charge is -2.38. The zero-order valence-electron chi connectivity index (χ0n) is 18.5. The predicted molar refractivity (Wildman–Crippen MR) is 115 cm³/mol. The molecule has 3 aliphatic rings. The Morgan fingerprint density at radius 2 is 1.72 bits per heavy atom. The van der Waals surface area contributed by atoms with E-state index in [0.29, 0.717) is 26.2 Å². The molecule has 4 rings (SSSR count). The minimum Gasteiger partial charge on any atom is -0.369 e. The van der Waals surface area contributed by atoms with Crippen LogP contribution >= 0.6 is 0 Å². The number of carbonyl (C=O) groups is 2. The van der Waals surface area contributed by atoms with Crippen LogP contribution in [0.3, 0.4) is 0 Å². The molecule has 0 aromatic heterocycles. The molecule has 2 amide bonds. The van der Waals surface area contributed by atoms with Crippen molar-refractivity contribution in [3.8, 4) is 0 Å². The lowest BCUT2D eigenvalue weighted by molar-refractivity contribution is -0.158. The number of hydrogen-bond donors (Lipinski definition) is 1. The average Bonchev–Trinajstić information content (AvgIpc) is 3.07. The van der Waals surface area contributed by atoms with Gasteiger partial charge in [-0.3, -0.25) is 14.5 Å². The molecule has 3 fully saturated rings. The highest BCUT2D eigenvalue weighted by molar-refractivity contribution is 5.86. The van der Waals surface area contributed by atoms with Crippen LogP contribution in [-0.2, 0) is 9.59 Å². The zero-order chi connectivity index (χ0) is 22.9. The summed E-state index contributed by atoms with van der Waals surface area (Å²) < 4.78 is 39.8. The van der Waals surface area contributed by atoms with Gasteiger partial charge in [0.25, 0.3) is 5.91 Å². The molecule has 1 atom stereocenters. The number of anilines is 1. The Labute approximate surface area is 186 Å². The molecule has 9 heteroatoms. The van der Waals surface area contributed by atoms with E-state index in [4.69, 9.17) is 0 Å². The van der Waals surface area contributed by atoms with Gasteiger partial charge in [0, 0.05) is 64.5 Å². The van der Waals surface area contributed by atoms with Crippen LogP contribution in [0.1, 0.15) is 32.6 Å². The number of likely N-dealkylation sites (tertiary alicyclic amines) is 1. The SMILES string of the molecule is CC(F)(F)C(=O)N1CCC2(CC1)C[C@H](CCN1CCN(c3ccc(F)cc3)CC1)NC2=O. The second kappa shape index (κ2) is 8.92. The van der Waals surface area contributed by atoms with E-state index in [0.717, 1.165) is 44.8 Å². The molecule has 3 aliphatic heterocycles. The van der Waals surface area contributed by atoms with Crippen LogP contribution in [0, 0.1) is 11.2 Å². The molecule has 1 spiro atoms. The molecule has 0 saturated carbocycles. The highest BCUT2D eigenvalue weighted by Gasteiger charge is 2.50. The lowest BCUT2D eigenvalue weighted by Crippen LogP contribution is -2.50. The van der Waals surface area contributed by atoms with Gasteiger partial charge in [0.2, 0.25) is 5.91 Å². The van der Waals surface area contributed by atoms with E-state index in [1.807, 2.05) is 0 Å². The molecule has 3 saturated heterocycles. The highest BCUT2D eigenvalue weighted by Crippen LogP contribution is 2.41. The molecule has 32 heavy (non-hydrogen) atoms. The van der Waals surface area contributed by atoms with E-state index in [-0.39, 0.29) is 30.9 Å². The molecule has 1 N–H and O–H groups in total. The van der Waals surface area contributed by atoms with Crippen molar-refractivity contribution >= 4 is 17.5 Å². The second-order valence-corrected chi connectivity index (χ2v) is 9.43. The van der Waals surface area contributed by atoms with Crippen LogP contribution in [-0.4, -0.2) is 79.4 Å². The first-order valence-electron chi connectivity index (χ1n) is 11.4. The molecule has 1 aromatic carbocycles. The molecule has 0 bridgehead atoms. The Morgan fingerprint density at radius 1 is 1.09 bits per heavy atom. The molecule has 176 valence electrons. The van der Waals surface area contributed by atoms with E-state index in [9.17, 15) is 22.8 Å². The number of hydrogen-bond acceptors (Lipinski definition) is 4. The van der Waals surface area contributed by atoms with E-state index >= 15 is 0 Å². The van der Waals surface area contributed by atoms with Gasteiger partial charge < -0.3 is 15.1 Å². The van der Waals surface area contributed by atoms with E-state index in [1.165, 1.54) is 17.0 Å². The Morgan fingerprint density at radius 3 is 2.31 bits per heavy atom. The third-order valence-corrected chi connectivity index (χ3v) is 7.20. The van der Waals surface area contributed by atoms with Crippen molar-refractivity contribution in [3.05, 3.63) is 30.1 Å². The summed E-state index contributed by atoms with van der Waals surface area (Å²) in [5.74, 6) is -4.75. The molecular formula is C23H31F3N4O2. The normalized spacial score (nSPS) is 24.1. The van der Waals surface area contributed by atoms with Gasteiger partial charge in [0.1, 0.15) is 5.82 Å². The summed E-state index contributed by atoms with van der Waals surface area (Å²) in [7, 11) is 0. The van der Waals surface area contributed by atoms with Crippen molar-refractivity contribution in [2.45, 2.75) is 44.6 Å². The second-order valence-electron chi connectivity index (χ2n) is 9.43. The van der Waals surface area contributed by atoms with Gasteiger partial charge in [-0.1, -0.05) is 0 Å². The Balaban J connectivity index is 1.22. The summed E-state index contributed by atoms with van der Waals surface area (Å²) in [6, 6.07) is 6.65. The number of carbonyl (C=O) groups excluding carboxylic acids is 2. The topological polar surface area (TPSA) is 55.9 Å². The number of benzene rings is 1. The van der Waals surface area contributed by atoms with Gasteiger partial charge in [0.15, 0.2) is 0 Å². The minimum absolute atomic E-state index is 0.000938. The molecule has 0 aliphatic carbocycles. The summed E-state index contributed by atoms with van der Waals surface area (Å²) in [5, 5.41) is 3.11. The van der Waals surface area contributed by atoms with Crippen molar-refractivity contribution < 1.29 is 22.8 Å². The predicted octanol–water partition coefficient (Wildman–Crippen LogP) is 2.49. The van der Waals surface area contributed by atoms with Gasteiger partial charge >= 0.3 is 5.92 Å². The number of halogens is 3. The van der Waals surface area contributed by atoms with Crippen LogP contribution in [0.25, 0.3) is 0 Å². The number of nitrogens with one attached hydrogen (secondary N) is 1. The number of alkyl halides is 2. The van der Waals surface area contributed by atoms with Crippen molar-refractivity contribution in [1.82, 2.24) is 15.1 Å². The van der Waals surface area contributed by atoms with E-state index < -0.39 is 17.2 Å². The molecule has 1 aromatic rings. The maximum Gasteiger partial charge on any atom is 0.322 e. The number of piperidine rings is 1. The quantitative estimate of drug-likeness (QED) is 0.746. The van der Waals surface area contributed by atoms with Gasteiger partial charge in [-0.2, -0.15) is 8.78 Å². The largest absolute Gasteiger partial charge is 0.369 e. The fraction of sp³-hybridized carbons (Fsp3) is 0.652. The van der Waals surface area contributed by atoms with Crippen molar-refractivity contribution in [3.63, 3.8) is 0 Å². The first kappa shape index (κ1) is 22.9. The summed E-state index contributed by atoms with van der Waals surface area (Å²) in [5.41, 5.74) is 0.493. The number of rotatable bonds is 5. The molecule has 0 unspecified atom stereocenters. The Hall–Kier alpha value is -2.29. The zero-order valence-corrected chi connectivity index (χ0v) is 18.5. The van der Waals surface area contributed by atoms with Crippen LogP contribution in [0.5, 0.6) is 0 Å². The van der Waals surface area contributed by atoms with Gasteiger partial charge in [-0.05, 0) is 49.9 Å². The molecular weight excluding hydrogens is 421 g/mol. The van der Waals surface area contributed by atoms with Crippen molar-refractivity contribution in [1.29, 1.82) is 0 Å². The first-order chi connectivity index (χ1) is 15.2. The summed E-state index contributed by atoms with van der Waals surface area (Å²) >= 11 is 0. The molecule has 3 heterocycles. The van der Waals surface area contributed by atoms with Crippen molar-refractivity contribution in [2.75, 3.05) is 50.7 Å². The smallest absolute Gasteiger partial charge is 0.322 e. The van der Waals surface area contributed by atoms with Crippen LogP contribution < -0.4 is 10.2 Å². The summed E-state index contributed by atoms with van der Waals surface area (Å²) in [6.45, 7) is 5.47. The van der Waals surface area contributed by atoms with Gasteiger partial charge in [-0.15, -0.1) is 0 Å². The molecule has 0 radical (unpaired) electrons. The van der Waals surface area contributed by atoms with Crippen molar-refractivity contribution in [2.24, 2.45) is 5.41 Å². The summed E-state index contributed by atoms with van der Waals surface area (Å²) in [4.78, 5) is 30.3. The molecule has 6 nitrogen and oxygen atoms in total. The van der Waals surface area contributed by atoms with E-state index in [1.54, 1.807) is 12.1 Å². The highest BCUT2D eigenvalue weighted by atomic mass is 19.3. The Bertz CT molecular complexity index is 827. The monoisotopic (exact) mass is 452 g/mol. The minimum atomic E-state index is -3.37.